The molecule has 1 aromatic carbocycles. The number of ether oxygens (including phenoxy) is 1. The lowest BCUT2D eigenvalue weighted by Gasteiger charge is -2.28. The summed E-state index contributed by atoms with van der Waals surface area (Å²) >= 11 is 0. The quantitative estimate of drug-likeness (QED) is 0.408. The summed E-state index contributed by atoms with van der Waals surface area (Å²) in [4.78, 5) is 38.7. The third kappa shape index (κ3) is 5.44. The summed E-state index contributed by atoms with van der Waals surface area (Å²) in [5.41, 5.74) is -0.711. The number of nitro benzene ring substituents is 1. The topological polar surface area (TPSA) is 117 Å². The zero-order valence-corrected chi connectivity index (χ0v) is 17.0. The Morgan fingerprint density at radius 2 is 1.90 bits per heavy atom. The van der Waals surface area contributed by atoms with Crippen molar-refractivity contribution in [2.45, 2.75) is 45.1 Å². The molecule has 2 rings (SSSR count). The Labute approximate surface area is 170 Å². The zero-order chi connectivity index (χ0) is 21.6. The van der Waals surface area contributed by atoms with Gasteiger partial charge in [0, 0.05) is 26.2 Å². The van der Waals surface area contributed by atoms with Gasteiger partial charge in [-0.25, -0.2) is 4.79 Å². The Hall–Kier alpha value is -3.15. The van der Waals surface area contributed by atoms with E-state index in [4.69, 9.17) is 10.00 Å². The molecule has 1 heterocycles. The molecule has 0 N–H and O–H groups in total. The van der Waals surface area contributed by atoms with Gasteiger partial charge in [-0.1, -0.05) is 12.8 Å². The van der Waals surface area contributed by atoms with Gasteiger partial charge in [-0.2, -0.15) is 5.26 Å². The van der Waals surface area contributed by atoms with Gasteiger partial charge in [0.25, 0.3) is 11.6 Å². The van der Waals surface area contributed by atoms with E-state index in [-0.39, 0.29) is 11.3 Å². The van der Waals surface area contributed by atoms with E-state index in [0.29, 0.717) is 5.69 Å². The van der Waals surface area contributed by atoms with Crippen molar-refractivity contribution in [3.05, 3.63) is 33.9 Å². The van der Waals surface area contributed by atoms with Crippen LogP contribution < -0.4 is 4.90 Å². The van der Waals surface area contributed by atoms with Crippen LogP contribution in [0.25, 0.3) is 0 Å². The van der Waals surface area contributed by atoms with E-state index in [0.717, 1.165) is 38.8 Å². The number of nitrogens with zero attached hydrogens (tertiary/aromatic N) is 4. The second kappa shape index (κ2) is 9.37. The summed E-state index contributed by atoms with van der Waals surface area (Å²) in [6.45, 7) is 4.05. The Morgan fingerprint density at radius 1 is 1.28 bits per heavy atom. The first kappa shape index (κ1) is 22.1. The van der Waals surface area contributed by atoms with Crippen molar-refractivity contribution < 1.29 is 19.2 Å². The fourth-order valence-electron chi connectivity index (χ4n) is 3.07. The molecule has 0 aliphatic carbocycles. The predicted molar refractivity (Wildman–Crippen MR) is 107 cm³/mol. The van der Waals surface area contributed by atoms with Crippen LogP contribution in [0.5, 0.6) is 0 Å². The van der Waals surface area contributed by atoms with Crippen molar-refractivity contribution >= 4 is 23.3 Å². The van der Waals surface area contributed by atoms with Crippen LogP contribution in [0.2, 0.25) is 0 Å². The van der Waals surface area contributed by atoms with E-state index in [2.05, 4.69) is 0 Å². The molecule has 0 aromatic heterocycles. The summed E-state index contributed by atoms with van der Waals surface area (Å²) < 4.78 is 5.02. The highest BCUT2D eigenvalue weighted by atomic mass is 16.6. The van der Waals surface area contributed by atoms with Crippen LogP contribution in [0.1, 0.15) is 49.9 Å². The van der Waals surface area contributed by atoms with Crippen LogP contribution in [-0.4, -0.2) is 54.0 Å². The Balaban J connectivity index is 2.13. The van der Waals surface area contributed by atoms with E-state index in [1.165, 1.54) is 24.1 Å². The molecule has 1 aliphatic rings. The van der Waals surface area contributed by atoms with E-state index < -0.39 is 28.9 Å². The Morgan fingerprint density at radius 3 is 2.45 bits per heavy atom. The van der Waals surface area contributed by atoms with Gasteiger partial charge in [0.15, 0.2) is 6.61 Å². The van der Waals surface area contributed by atoms with Crippen LogP contribution in [0.3, 0.4) is 0 Å². The van der Waals surface area contributed by atoms with Gasteiger partial charge >= 0.3 is 5.97 Å². The molecule has 9 nitrogen and oxygen atoms in total. The number of hydrogen-bond donors (Lipinski definition) is 0. The van der Waals surface area contributed by atoms with Gasteiger partial charge in [0.05, 0.1) is 16.6 Å². The van der Waals surface area contributed by atoms with Gasteiger partial charge in [-0.3, -0.25) is 14.9 Å². The lowest BCUT2D eigenvalue weighted by molar-refractivity contribution is -0.384. The van der Waals surface area contributed by atoms with Crippen molar-refractivity contribution in [1.29, 1.82) is 5.26 Å². The molecule has 0 unspecified atom stereocenters. The highest BCUT2D eigenvalue weighted by Crippen LogP contribution is 2.31. The molecule has 1 amide bonds. The fourth-order valence-corrected chi connectivity index (χ4v) is 3.07. The minimum Gasteiger partial charge on any atom is -0.452 e. The second-order valence-electron chi connectivity index (χ2n) is 7.56. The van der Waals surface area contributed by atoms with Crippen LogP contribution in [0.4, 0.5) is 11.4 Å². The maximum Gasteiger partial charge on any atom is 0.338 e. The highest BCUT2D eigenvalue weighted by molar-refractivity contribution is 5.93. The van der Waals surface area contributed by atoms with Crippen LogP contribution >= 0.6 is 0 Å². The first-order valence-electron chi connectivity index (χ1n) is 9.56. The van der Waals surface area contributed by atoms with Crippen molar-refractivity contribution in [3.8, 4) is 6.07 Å². The van der Waals surface area contributed by atoms with Crippen molar-refractivity contribution in [3.63, 3.8) is 0 Å². The molecule has 9 heteroatoms. The lowest BCUT2D eigenvalue weighted by atomic mass is 10.1. The number of rotatable bonds is 6. The summed E-state index contributed by atoms with van der Waals surface area (Å²) in [6.07, 6.45) is 4.13. The second-order valence-corrected chi connectivity index (χ2v) is 7.56. The summed E-state index contributed by atoms with van der Waals surface area (Å²) in [6, 6.07) is 6.22. The van der Waals surface area contributed by atoms with E-state index in [1.54, 1.807) is 19.9 Å². The number of nitriles is 1. The van der Waals surface area contributed by atoms with Crippen LogP contribution in [0.15, 0.2) is 18.2 Å². The minimum atomic E-state index is -1.04. The number of anilines is 1. The molecule has 1 aromatic rings. The van der Waals surface area contributed by atoms with E-state index >= 15 is 0 Å². The molecule has 1 fully saturated rings. The largest absolute Gasteiger partial charge is 0.452 e. The molecule has 0 spiro atoms. The standard InChI is InChI=1S/C20H26N4O5/c1-20(2,14-21)22(3)18(25)13-29-19(26)15-8-9-16(17(12-15)24(27)28)23-10-6-4-5-7-11-23/h8-9,12H,4-7,10-11,13H2,1-3H3. The molecular formula is C20H26N4O5. The molecule has 0 saturated carbocycles. The summed E-state index contributed by atoms with van der Waals surface area (Å²) in [7, 11) is 1.44. The zero-order valence-electron chi connectivity index (χ0n) is 17.0. The van der Waals surface area contributed by atoms with Gasteiger partial charge in [-0.15, -0.1) is 0 Å². The SMILES string of the molecule is CN(C(=O)COC(=O)c1ccc(N2CCCCCC2)c([N+](=O)[O-])c1)C(C)(C)C#N. The predicted octanol–water partition coefficient (Wildman–Crippen LogP) is 2.89. The molecule has 29 heavy (non-hydrogen) atoms. The number of amides is 1. The number of benzene rings is 1. The summed E-state index contributed by atoms with van der Waals surface area (Å²) in [5, 5.41) is 20.6. The normalized spacial score (nSPS) is 14.5. The third-order valence-electron chi connectivity index (χ3n) is 5.17. The molecule has 0 radical (unpaired) electrons. The fraction of sp³-hybridized carbons (Fsp3) is 0.550. The maximum atomic E-state index is 12.3. The van der Waals surface area contributed by atoms with Crippen LogP contribution in [0, 0.1) is 21.4 Å². The number of carbonyl (C=O) groups excluding carboxylic acids is 2. The molecule has 156 valence electrons. The molecular weight excluding hydrogens is 376 g/mol. The van der Waals surface area contributed by atoms with E-state index in [1.807, 2.05) is 11.0 Å². The first-order valence-corrected chi connectivity index (χ1v) is 9.56. The lowest BCUT2D eigenvalue weighted by Crippen LogP contribution is -2.45. The number of esters is 1. The first-order chi connectivity index (χ1) is 13.7. The van der Waals surface area contributed by atoms with Crippen LogP contribution in [-0.2, 0) is 9.53 Å². The third-order valence-corrected chi connectivity index (χ3v) is 5.17. The monoisotopic (exact) mass is 402 g/mol. The number of nitro groups is 1. The number of carbonyl (C=O) groups is 2. The molecule has 1 aliphatic heterocycles. The number of likely N-dealkylation sites (N-methyl/N-ethyl adjacent to an activating group) is 1. The molecule has 1 saturated heterocycles. The summed E-state index contributed by atoms with van der Waals surface area (Å²) in [5.74, 6) is -1.37. The minimum absolute atomic E-state index is 0.00488. The van der Waals surface area contributed by atoms with Crippen molar-refractivity contribution in [2.24, 2.45) is 0 Å². The van der Waals surface area contributed by atoms with Crippen molar-refractivity contribution in [2.75, 3.05) is 31.6 Å². The maximum absolute atomic E-state index is 12.3. The van der Waals surface area contributed by atoms with Gasteiger partial charge in [0.2, 0.25) is 0 Å². The molecule has 0 atom stereocenters. The Bertz CT molecular complexity index is 823. The van der Waals surface area contributed by atoms with Crippen molar-refractivity contribution in [1.82, 2.24) is 4.90 Å². The number of hydrogen-bond acceptors (Lipinski definition) is 7. The van der Waals surface area contributed by atoms with E-state index in [9.17, 15) is 19.7 Å². The smallest absolute Gasteiger partial charge is 0.338 e. The average Bonchev–Trinajstić information content (AvgIpc) is 3.00. The van der Waals surface area contributed by atoms with Gasteiger partial charge < -0.3 is 14.5 Å². The highest BCUT2D eigenvalue weighted by Gasteiger charge is 2.28. The Kier molecular flexibility index (Phi) is 7.15. The van der Waals surface area contributed by atoms with Gasteiger partial charge in [0.1, 0.15) is 11.2 Å². The molecule has 0 bridgehead atoms. The average molecular weight is 402 g/mol. The van der Waals surface area contributed by atoms with Gasteiger partial charge in [-0.05, 0) is 38.8 Å².